The van der Waals surface area contributed by atoms with E-state index in [1.807, 2.05) is 0 Å². The number of para-hydroxylation sites is 2. The number of anilines is 1. The van der Waals surface area contributed by atoms with Crippen LogP contribution < -0.4 is 9.46 Å². The Labute approximate surface area is 267 Å². The van der Waals surface area contributed by atoms with Crippen molar-refractivity contribution >= 4 is 45.1 Å². The predicted molar refractivity (Wildman–Crippen MR) is 167 cm³/mol. The third-order valence-corrected chi connectivity index (χ3v) is 7.36. The fourth-order valence-electron chi connectivity index (χ4n) is 3.72. The number of nitrogens with zero attached hydrogens (tertiary/aromatic N) is 3. The number of aromatic hydroxyl groups is 2. The first kappa shape index (κ1) is 33.3. The molecule has 0 aliphatic carbocycles. The Hall–Kier alpha value is -6.61. The second-order valence-electron chi connectivity index (χ2n) is 9.23. The van der Waals surface area contributed by atoms with Gasteiger partial charge in [0.2, 0.25) is 0 Å². The standard InChI is InChI=1S/C18H14N4O5S.C14H10O5/c23-16-9-6-13(11-15(16)18(24)25)21-20-12-4-7-14(8-5-12)28(26,27)22-17-3-1-2-10-19-17;15-11-7-3-1-5-9(11)14(18)19-12-8-4-2-6-10(12)13(16)17/h1-11,23H,(H,19,22)(H,24,25);1-8,15H,(H,16,17)/b21-20+;. The molecule has 0 saturated carbocycles. The summed E-state index contributed by atoms with van der Waals surface area (Å²) in [7, 11) is -3.79. The first-order valence-corrected chi connectivity index (χ1v) is 14.8. The highest BCUT2D eigenvalue weighted by atomic mass is 32.2. The van der Waals surface area contributed by atoms with Gasteiger partial charge in [0.25, 0.3) is 10.0 Å². The maximum Gasteiger partial charge on any atom is 0.347 e. The van der Waals surface area contributed by atoms with E-state index in [2.05, 4.69) is 19.9 Å². The van der Waals surface area contributed by atoms with Crippen molar-refractivity contribution in [2.24, 2.45) is 10.2 Å². The number of benzene rings is 4. The number of carboxylic acid groups (broad SMARTS) is 2. The number of hydrogen-bond acceptors (Lipinski definition) is 11. The normalized spacial score (nSPS) is 10.8. The van der Waals surface area contributed by atoms with Crippen LogP contribution in [0.3, 0.4) is 0 Å². The number of phenolic OH excluding ortho intramolecular Hbond substituents is 1. The fraction of sp³-hybridized carbons (Fsp3) is 0. The van der Waals surface area contributed by atoms with Crippen molar-refractivity contribution in [1.82, 2.24) is 4.98 Å². The minimum Gasteiger partial charge on any atom is -0.507 e. The van der Waals surface area contributed by atoms with E-state index in [4.69, 9.17) is 14.9 Å². The first-order chi connectivity index (χ1) is 22.4. The molecule has 0 spiro atoms. The van der Waals surface area contributed by atoms with Crippen LogP contribution in [0, 0.1) is 0 Å². The van der Waals surface area contributed by atoms with Crippen LogP contribution in [0.15, 0.2) is 131 Å². The smallest absolute Gasteiger partial charge is 0.347 e. The van der Waals surface area contributed by atoms with E-state index in [0.717, 1.165) is 0 Å². The third-order valence-electron chi connectivity index (χ3n) is 5.99. The monoisotopic (exact) mass is 656 g/mol. The zero-order valence-electron chi connectivity index (χ0n) is 24.0. The molecule has 0 aliphatic rings. The van der Waals surface area contributed by atoms with Gasteiger partial charge < -0.3 is 25.2 Å². The van der Waals surface area contributed by atoms with Gasteiger partial charge in [0, 0.05) is 6.20 Å². The Balaban J connectivity index is 0.000000229. The van der Waals surface area contributed by atoms with Crippen LogP contribution >= 0.6 is 0 Å². The van der Waals surface area contributed by atoms with Crippen molar-refractivity contribution in [3.05, 3.63) is 132 Å². The third kappa shape index (κ3) is 8.96. The van der Waals surface area contributed by atoms with Crippen LogP contribution in [-0.4, -0.2) is 51.7 Å². The van der Waals surface area contributed by atoms with Crippen molar-refractivity contribution in [1.29, 1.82) is 0 Å². The number of azo groups is 1. The van der Waals surface area contributed by atoms with Crippen LogP contribution in [0.2, 0.25) is 0 Å². The Kier molecular flexibility index (Phi) is 10.6. The van der Waals surface area contributed by atoms with Crippen molar-refractivity contribution in [3.8, 4) is 17.2 Å². The minimum atomic E-state index is -3.79. The maximum atomic E-state index is 12.3. The number of phenols is 2. The van der Waals surface area contributed by atoms with E-state index >= 15 is 0 Å². The number of carbonyl (C=O) groups is 3. The van der Waals surface area contributed by atoms with E-state index in [0.29, 0.717) is 5.69 Å². The molecular formula is C32H24N4O10S. The molecule has 5 N–H and O–H groups in total. The number of hydrogen-bond donors (Lipinski definition) is 5. The maximum absolute atomic E-state index is 12.3. The number of ether oxygens (including phenoxy) is 1. The molecule has 0 saturated heterocycles. The van der Waals surface area contributed by atoms with Crippen LogP contribution in [0.25, 0.3) is 0 Å². The molecule has 0 fully saturated rings. The molecule has 4 aromatic carbocycles. The van der Waals surface area contributed by atoms with Gasteiger partial charge in [0.05, 0.1) is 16.3 Å². The van der Waals surface area contributed by atoms with Crippen molar-refractivity contribution in [2.45, 2.75) is 4.90 Å². The second kappa shape index (κ2) is 14.9. The molecule has 1 aromatic heterocycles. The van der Waals surface area contributed by atoms with E-state index in [-0.39, 0.29) is 50.3 Å². The zero-order valence-corrected chi connectivity index (χ0v) is 24.8. The average Bonchev–Trinajstić information content (AvgIpc) is 3.05. The molecule has 5 aromatic rings. The number of carbonyl (C=O) groups excluding carboxylic acids is 1. The number of sulfonamides is 1. The van der Waals surface area contributed by atoms with Gasteiger partial charge >= 0.3 is 17.9 Å². The summed E-state index contributed by atoms with van der Waals surface area (Å²) >= 11 is 0. The average molecular weight is 657 g/mol. The molecular weight excluding hydrogens is 632 g/mol. The van der Waals surface area contributed by atoms with Crippen molar-refractivity contribution < 1.29 is 48.0 Å². The Morgan fingerprint density at radius 3 is 1.87 bits per heavy atom. The lowest BCUT2D eigenvalue weighted by molar-refractivity contribution is 0.0671. The topological polar surface area (TPSA) is 225 Å². The first-order valence-electron chi connectivity index (χ1n) is 13.3. The molecule has 0 atom stereocenters. The Morgan fingerprint density at radius 1 is 0.660 bits per heavy atom. The Morgan fingerprint density at radius 2 is 1.23 bits per heavy atom. The summed E-state index contributed by atoms with van der Waals surface area (Å²) in [6, 6.07) is 25.9. The molecule has 14 nitrogen and oxygen atoms in total. The highest BCUT2D eigenvalue weighted by Crippen LogP contribution is 2.26. The van der Waals surface area contributed by atoms with Crippen LogP contribution in [-0.2, 0) is 10.0 Å². The predicted octanol–water partition coefficient (Wildman–Crippen LogP) is 6.01. The van der Waals surface area contributed by atoms with Gasteiger partial charge in [0.1, 0.15) is 39.8 Å². The highest BCUT2D eigenvalue weighted by molar-refractivity contribution is 7.92. The number of esters is 1. The lowest BCUT2D eigenvalue weighted by Gasteiger charge is -2.07. The summed E-state index contributed by atoms with van der Waals surface area (Å²) in [6.45, 7) is 0. The van der Waals surface area contributed by atoms with E-state index in [9.17, 15) is 33.0 Å². The molecule has 0 radical (unpaired) electrons. The van der Waals surface area contributed by atoms with Gasteiger partial charge in [0.15, 0.2) is 0 Å². The molecule has 0 aliphatic heterocycles. The molecule has 1 heterocycles. The highest BCUT2D eigenvalue weighted by Gasteiger charge is 2.18. The number of aromatic nitrogens is 1. The number of nitrogens with one attached hydrogen (secondary N) is 1. The molecule has 0 amide bonds. The van der Waals surface area contributed by atoms with Gasteiger partial charge in [-0.1, -0.05) is 30.3 Å². The lowest BCUT2D eigenvalue weighted by Crippen LogP contribution is -2.13. The number of carboxylic acids is 2. The SMILES string of the molecule is O=C(O)c1cc(/N=N/c2ccc(S(=O)(=O)Nc3ccccn3)cc2)ccc1O.O=C(Oc1ccccc1C(=O)O)c1ccccc1O. The summed E-state index contributed by atoms with van der Waals surface area (Å²) in [5.74, 6) is -3.75. The summed E-state index contributed by atoms with van der Waals surface area (Å²) in [6.07, 6.45) is 1.47. The van der Waals surface area contributed by atoms with Gasteiger partial charge in [-0.15, -0.1) is 0 Å². The summed E-state index contributed by atoms with van der Waals surface area (Å²) in [4.78, 5) is 37.7. The Bertz CT molecular complexity index is 2050. The number of aromatic carboxylic acids is 2. The molecule has 5 rings (SSSR count). The largest absolute Gasteiger partial charge is 0.507 e. The summed E-state index contributed by atoms with van der Waals surface area (Å²) < 4.78 is 32.0. The van der Waals surface area contributed by atoms with Crippen molar-refractivity contribution in [3.63, 3.8) is 0 Å². The minimum absolute atomic E-state index is 0.0231. The van der Waals surface area contributed by atoms with E-state index in [1.54, 1.807) is 30.3 Å². The lowest BCUT2D eigenvalue weighted by atomic mass is 10.2. The van der Waals surface area contributed by atoms with Gasteiger partial charge in [-0.25, -0.2) is 27.8 Å². The van der Waals surface area contributed by atoms with E-state index < -0.39 is 27.9 Å². The fourth-order valence-corrected chi connectivity index (χ4v) is 4.73. The molecule has 0 unspecified atom stereocenters. The second-order valence-corrected chi connectivity index (χ2v) is 10.9. The van der Waals surface area contributed by atoms with Crippen LogP contribution in [0.5, 0.6) is 17.2 Å². The molecule has 238 valence electrons. The number of pyridine rings is 1. The zero-order chi connectivity index (χ0) is 34.0. The molecule has 0 bridgehead atoms. The van der Waals surface area contributed by atoms with Gasteiger partial charge in [-0.3, -0.25) is 4.72 Å². The summed E-state index contributed by atoms with van der Waals surface area (Å²) in [5, 5.41) is 44.8. The van der Waals surface area contributed by atoms with Crippen LogP contribution in [0.4, 0.5) is 17.2 Å². The molecule has 15 heteroatoms. The van der Waals surface area contributed by atoms with Gasteiger partial charge in [-0.2, -0.15) is 10.2 Å². The number of rotatable bonds is 9. The molecule has 47 heavy (non-hydrogen) atoms. The quantitative estimate of drug-likeness (QED) is 0.0701. The van der Waals surface area contributed by atoms with Crippen molar-refractivity contribution in [2.75, 3.05) is 4.72 Å². The summed E-state index contributed by atoms with van der Waals surface area (Å²) in [5.41, 5.74) is 0.151. The van der Waals surface area contributed by atoms with Gasteiger partial charge in [-0.05, 0) is 78.9 Å². The van der Waals surface area contributed by atoms with Crippen LogP contribution in [0.1, 0.15) is 31.1 Å². The van der Waals surface area contributed by atoms with E-state index in [1.165, 1.54) is 85.1 Å².